The molecule has 3 aromatic rings. The zero-order valence-electron chi connectivity index (χ0n) is 16.3. The molecule has 0 saturated carbocycles. The van der Waals surface area contributed by atoms with Gasteiger partial charge in [0, 0.05) is 41.9 Å². The SMILES string of the molecule is Cc1cc(=O)oc2cc(NC(=O)C3CC(=O)N(c4cccc(C(F)(F)F)c4)C3)ccc12. The fourth-order valence-electron chi connectivity index (χ4n) is 3.63. The van der Waals surface area contributed by atoms with E-state index in [1.807, 2.05) is 0 Å². The van der Waals surface area contributed by atoms with Gasteiger partial charge in [-0.05, 0) is 42.8 Å². The van der Waals surface area contributed by atoms with E-state index in [9.17, 15) is 27.6 Å². The Labute approximate surface area is 174 Å². The van der Waals surface area contributed by atoms with Crippen molar-refractivity contribution in [3.8, 4) is 0 Å². The topological polar surface area (TPSA) is 79.6 Å². The lowest BCUT2D eigenvalue weighted by molar-refractivity contribution is -0.137. The number of amides is 2. The van der Waals surface area contributed by atoms with Crippen molar-refractivity contribution in [2.24, 2.45) is 5.92 Å². The Hall–Kier alpha value is -3.62. The van der Waals surface area contributed by atoms with E-state index in [4.69, 9.17) is 4.42 Å². The van der Waals surface area contributed by atoms with Crippen molar-refractivity contribution in [3.05, 3.63) is 70.1 Å². The number of aryl methyl sites for hydroxylation is 1. The molecule has 1 aliphatic heterocycles. The van der Waals surface area contributed by atoms with E-state index in [2.05, 4.69) is 5.32 Å². The third-order valence-corrected chi connectivity index (χ3v) is 5.20. The van der Waals surface area contributed by atoms with E-state index in [-0.39, 0.29) is 18.7 Å². The number of rotatable bonds is 3. The van der Waals surface area contributed by atoms with Crippen LogP contribution in [-0.4, -0.2) is 18.4 Å². The molecule has 0 bridgehead atoms. The summed E-state index contributed by atoms with van der Waals surface area (Å²) in [5.74, 6) is -1.61. The summed E-state index contributed by atoms with van der Waals surface area (Å²) in [6, 6.07) is 10.7. The number of fused-ring (bicyclic) bond motifs is 1. The number of benzene rings is 2. The minimum Gasteiger partial charge on any atom is -0.423 e. The Balaban J connectivity index is 1.51. The number of nitrogens with one attached hydrogen (secondary N) is 1. The molecule has 0 radical (unpaired) electrons. The van der Waals surface area contributed by atoms with E-state index in [1.54, 1.807) is 19.1 Å². The highest BCUT2D eigenvalue weighted by molar-refractivity contribution is 6.04. The first kappa shape index (κ1) is 20.6. The molecule has 1 unspecified atom stereocenters. The molecule has 0 spiro atoms. The Morgan fingerprint density at radius 2 is 1.90 bits per heavy atom. The zero-order chi connectivity index (χ0) is 22.3. The van der Waals surface area contributed by atoms with Gasteiger partial charge in [0.05, 0.1) is 11.5 Å². The van der Waals surface area contributed by atoms with Gasteiger partial charge in [-0.15, -0.1) is 0 Å². The van der Waals surface area contributed by atoms with Gasteiger partial charge < -0.3 is 14.6 Å². The number of carbonyl (C=O) groups is 2. The summed E-state index contributed by atoms with van der Waals surface area (Å²) in [6.07, 6.45) is -4.65. The third kappa shape index (κ3) is 4.16. The first-order valence-electron chi connectivity index (χ1n) is 9.45. The third-order valence-electron chi connectivity index (χ3n) is 5.20. The van der Waals surface area contributed by atoms with Crippen LogP contribution in [-0.2, 0) is 15.8 Å². The molecular weight excluding hydrogens is 413 g/mol. The second-order valence-corrected chi connectivity index (χ2v) is 7.40. The van der Waals surface area contributed by atoms with Gasteiger partial charge in [-0.2, -0.15) is 13.2 Å². The van der Waals surface area contributed by atoms with Crippen LogP contribution in [0.2, 0.25) is 0 Å². The second kappa shape index (κ2) is 7.57. The average molecular weight is 430 g/mol. The molecular formula is C22H17F3N2O4. The minimum atomic E-state index is -4.53. The Bertz CT molecular complexity index is 1250. The monoisotopic (exact) mass is 430 g/mol. The molecule has 31 heavy (non-hydrogen) atoms. The molecule has 1 atom stereocenters. The van der Waals surface area contributed by atoms with Crippen molar-refractivity contribution in [3.63, 3.8) is 0 Å². The average Bonchev–Trinajstić information content (AvgIpc) is 3.09. The van der Waals surface area contributed by atoms with E-state index in [1.165, 1.54) is 29.2 Å². The minimum absolute atomic E-state index is 0.0340. The number of carbonyl (C=O) groups excluding carboxylic acids is 2. The smallest absolute Gasteiger partial charge is 0.416 e. The predicted octanol–water partition coefficient (Wildman–Crippen LogP) is 4.11. The first-order valence-corrected chi connectivity index (χ1v) is 9.45. The molecule has 0 aliphatic carbocycles. The van der Waals surface area contributed by atoms with Crippen LogP contribution >= 0.6 is 0 Å². The fraction of sp³-hybridized carbons (Fsp3) is 0.227. The largest absolute Gasteiger partial charge is 0.423 e. The molecule has 2 heterocycles. The summed E-state index contributed by atoms with van der Waals surface area (Å²) in [4.78, 5) is 37.8. The van der Waals surface area contributed by atoms with Crippen LogP contribution in [0.15, 0.2) is 57.7 Å². The maximum absolute atomic E-state index is 13.0. The van der Waals surface area contributed by atoms with Gasteiger partial charge in [0.2, 0.25) is 11.8 Å². The van der Waals surface area contributed by atoms with Gasteiger partial charge in [-0.25, -0.2) is 4.79 Å². The second-order valence-electron chi connectivity index (χ2n) is 7.40. The highest BCUT2D eigenvalue weighted by atomic mass is 19.4. The van der Waals surface area contributed by atoms with Crippen LogP contribution in [0.3, 0.4) is 0 Å². The Kier molecular flexibility index (Phi) is 5.04. The number of hydrogen-bond donors (Lipinski definition) is 1. The summed E-state index contributed by atoms with van der Waals surface area (Å²) in [5, 5.41) is 3.41. The highest BCUT2D eigenvalue weighted by Crippen LogP contribution is 2.33. The highest BCUT2D eigenvalue weighted by Gasteiger charge is 2.37. The summed E-state index contributed by atoms with van der Waals surface area (Å²) < 4.78 is 44.1. The quantitative estimate of drug-likeness (QED) is 0.635. The van der Waals surface area contributed by atoms with Gasteiger partial charge in [-0.1, -0.05) is 6.07 Å². The van der Waals surface area contributed by atoms with Crippen LogP contribution in [0.5, 0.6) is 0 Å². The van der Waals surface area contributed by atoms with E-state index in [0.717, 1.165) is 23.1 Å². The molecule has 1 N–H and O–H groups in total. The van der Waals surface area contributed by atoms with Gasteiger partial charge in [0.1, 0.15) is 5.58 Å². The molecule has 160 valence electrons. The summed E-state index contributed by atoms with van der Waals surface area (Å²) >= 11 is 0. The van der Waals surface area contributed by atoms with Crippen LogP contribution in [0.4, 0.5) is 24.5 Å². The fourth-order valence-corrected chi connectivity index (χ4v) is 3.63. The molecule has 2 amide bonds. The van der Waals surface area contributed by atoms with Crippen LogP contribution in [0.25, 0.3) is 11.0 Å². The van der Waals surface area contributed by atoms with E-state index >= 15 is 0 Å². The van der Waals surface area contributed by atoms with Crippen molar-refractivity contribution >= 4 is 34.2 Å². The van der Waals surface area contributed by atoms with Crippen molar-refractivity contribution in [2.45, 2.75) is 19.5 Å². The lowest BCUT2D eigenvalue weighted by atomic mass is 10.1. The number of halogens is 3. The Morgan fingerprint density at radius 3 is 2.65 bits per heavy atom. The van der Waals surface area contributed by atoms with Crippen LogP contribution in [0.1, 0.15) is 17.5 Å². The van der Waals surface area contributed by atoms with Crippen LogP contribution in [0, 0.1) is 12.8 Å². The van der Waals surface area contributed by atoms with Crippen molar-refractivity contribution in [1.82, 2.24) is 0 Å². The molecule has 9 heteroatoms. The predicted molar refractivity (Wildman–Crippen MR) is 108 cm³/mol. The van der Waals surface area contributed by atoms with Crippen molar-refractivity contribution in [1.29, 1.82) is 0 Å². The lowest BCUT2D eigenvalue weighted by Crippen LogP contribution is -2.28. The standard InChI is InChI=1S/C22H17F3N2O4/c1-12-7-20(29)31-18-10-15(5-6-17(12)18)26-21(30)13-8-19(28)27(11-13)16-4-2-3-14(9-16)22(23,24)25/h2-7,9-10,13H,8,11H2,1H3,(H,26,30). The number of anilines is 2. The Morgan fingerprint density at radius 1 is 1.13 bits per heavy atom. The molecule has 1 fully saturated rings. The van der Waals surface area contributed by atoms with E-state index in [0.29, 0.717) is 11.3 Å². The summed E-state index contributed by atoms with van der Waals surface area (Å²) in [7, 11) is 0. The van der Waals surface area contributed by atoms with E-state index < -0.39 is 35.1 Å². The maximum Gasteiger partial charge on any atom is 0.416 e. The lowest BCUT2D eigenvalue weighted by Gasteiger charge is -2.18. The van der Waals surface area contributed by atoms with Crippen LogP contribution < -0.4 is 15.8 Å². The first-order chi connectivity index (χ1) is 14.6. The molecule has 6 nitrogen and oxygen atoms in total. The normalized spacial score (nSPS) is 16.7. The van der Waals surface area contributed by atoms with Crippen molar-refractivity contribution < 1.29 is 27.2 Å². The zero-order valence-corrected chi connectivity index (χ0v) is 16.3. The molecule has 2 aromatic carbocycles. The molecule has 1 aromatic heterocycles. The van der Waals surface area contributed by atoms with Gasteiger partial charge in [0.25, 0.3) is 0 Å². The molecule has 4 rings (SSSR count). The maximum atomic E-state index is 13.0. The van der Waals surface area contributed by atoms with Gasteiger partial charge in [-0.3, -0.25) is 9.59 Å². The summed E-state index contributed by atoms with van der Waals surface area (Å²) in [6.45, 7) is 1.73. The van der Waals surface area contributed by atoms with Gasteiger partial charge in [0.15, 0.2) is 0 Å². The van der Waals surface area contributed by atoms with Gasteiger partial charge >= 0.3 is 11.8 Å². The molecule has 1 aliphatic rings. The number of nitrogens with zero attached hydrogens (tertiary/aromatic N) is 1. The number of hydrogen-bond acceptors (Lipinski definition) is 4. The summed E-state index contributed by atoms with van der Waals surface area (Å²) in [5.41, 5.74) is 0.165. The molecule has 1 saturated heterocycles. The van der Waals surface area contributed by atoms with Crippen molar-refractivity contribution in [2.75, 3.05) is 16.8 Å². The number of alkyl halides is 3.